The zero-order valence-electron chi connectivity index (χ0n) is 14.2. The zero-order chi connectivity index (χ0) is 17.6. The van der Waals surface area contributed by atoms with Gasteiger partial charge in [0.25, 0.3) is 0 Å². The lowest BCUT2D eigenvalue weighted by Gasteiger charge is -2.46. The first-order chi connectivity index (χ1) is 11.4. The Balaban J connectivity index is 2.22. The summed E-state index contributed by atoms with van der Waals surface area (Å²) in [5.74, 6) is -0.500. The number of esters is 2. The van der Waals surface area contributed by atoms with Crippen molar-refractivity contribution in [1.29, 1.82) is 0 Å². The predicted octanol–water partition coefficient (Wildman–Crippen LogP) is 1.80. The molecule has 128 valence electrons. The molecular formula is C17H19NO5S. The van der Waals surface area contributed by atoms with Crippen LogP contribution in [0.2, 0.25) is 0 Å². The molecule has 0 saturated carbocycles. The van der Waals surface area contributed by atoms with Crippen molar-refractivity contribution < 1.29 is 23.8 Å². The quantitative estimate of drug-likeness (QED) is 0.768. The fraction of sp³-hybridized carbons (Fsp3) is 0.412. The highest BCUT2D eigenvalue weighted by atomic mass is 32.2. The van der Waals surface area contributed by atoms with E-state index in [2.05, 4.69) is 0 Å². The van der Waals surface area contributed by atoms with Gasteiger partial charge in [-0.15, -0.1) is 11.8 Å². The van der Waals surface area contributed by atoms with Gasteiger partial charge in [-0.3, -0.25) is 4.79 Å². The molecule has 0 saturated heterocycles. The van der Waals surface area contributed by atoms with Crippen LogP contribution in [0.1, 0.15) is 11.5 Å². The fourth-order valence-electron chi connectivity index (χ4n) is 3.47. The van der Waals surface area contributed by atoms with Crippen LogP contribution >= 0.6 is 11.8 Å². The number of hydrogen-bond acceptors (Lipinski definition) is 7. The predicted molar refractivity (Wildman–Crippen MR) is 89.1 cm³/mol. The number of likely N-dealkylation sites (N-methyl/N-ethyl adjacent to an activating group) is 1. The van der Waals surface area contributed by atoms with Gasteiger partial charge in [-0.25, -0.2) is 4.79 Å². The van der Waals surface area contributed by atoms with Crippen LogP contribution in [-0.2, 0) is 19.1 Å². The van der Waals surface area contributed by atoms with Gasteiger partial charge in [0.1, 0.15) is 5.75 Å². The van der Waals surface area contributed by atoms with Gasteiger partial charge in [0, 0.05) is 24.7 Å². The second-order valence-corrected chi connectivity index (χ2v) is 7.10. The summed E-state index contributed by atoms with van der Waals surface area (Å²) in [5.41, 5.74) is 2.12. The summed E-state index contributed by atoms with van der Waals surface area (Å²) in [6.45, 7) is 0. The molecule has 0 fully saturated rings. The molecule has 1 aromatic rings. The highest BCUT2D eigenvalue weighted by Gasteiger charge is 2.68. The van der Waals surface area contributed by atoms with Crippen LogP contribution < -0.4 is 4.74 Å². The minimum atomic E-state index is -1.10. The first-order valence-electron chi connectivity index (χ1n) is 7.38. The molecule has 1 aromatic carbocycles. The molecule has 0 bridgehead atoms. The third kappa shape index (κ3) is 1.97. The van der Waals surface area contributed by atoms with Crippen molar-refractivity contribution in [2.75, 3.05) is 35.4 Å². The van der Waals surface area contributed by atoms with Crippen molar-refractivity contribution in [3.05, 3.63) is 35.0 Å². The molecule has 1 aliphatic heterocycles. The summed E-state index contributed by atoms with van der Waals surface area (Å²) < 4.78 is 14.2. The van der Waals surface area contributed by atoms with Gasteiger partial charge in [0.05, 0.1) is 32.8 Å². The first kappa shape index (κ1) is 16.7. The van der Waals surface area contributed by atoms with Gasteiger partial charge in [-0.1, -0.05) is 6.07 Å². The Morgan fingerprint density at radius 2 is 1.88 bits per heavy atom. The number of allylic oxidation sites excluding steroid dienone is 1. The second-order valence-electron chi connectivity index (χ2n) is 5.81. The molecule has 0 N–H and O–H groups in total. The number of carbonyl (C=O) groups is 2. The maximum Gasteiger partial charge on any atom is 0.337 e. The van der Waals surface area contributed by atoms with Crippen LogP contribution in [0.4, 0.5) is 0 Å². The molecule has 2 unspecified atom stereocenters. The van der Waals surface area contributed by atoms with Crippen molar-refractivity contribution in [1.82, 2.24) is 4.90 Å². The van der Waals surface area contributed by atoms with Gasteiger partial charge < -0.3 is 19.1 Å². The second kappa shape index (κ2) is 5.73. The van der Waals surface area contributed by atoms with E-state index in [0.717, 1.165) is 16.2 Å². The van der Waals surface area contributed by atoms with E-state index in [-0.39, 0.29) is 5.92 Å². The Morgan fingerprint density at radius 3 is 2.42 bits per heavy atom. The monoisotopic (exact) mass is 349 g/mol. The SMILES string of the molecule is COC(=O)C1=C(N(C)C)C2c3ccc(OC)cc3SC12C(=O)OC. The number of nitrogens with zero attached hydrogens (tertiary/aromatic N) is 1. The summed E-state index contributed by atoms with van der Waals surface area (Å²) in [7, 11) is 7.95. The van der Waals surface area contributed by atoms with Crippen molar-refractivity contribution >= 4 is 23.7 Å². The maximum atomic E-state index is 12.7. The molecule has 2 aliphatic rings. The van der Waals surface area contributed by atoms with Gasteiger partial charge in [-0.2, -0.15) is 0 Å². The van der Waals surface area contributed by atoms with E-state index in [9.17, 15) is 9.59 Å². The molecular weight excluding hydrogens is 330 g/mol. The highest BCUT2D eigenvalue weighted by Crippen LogP contribution is 2.67. The molecule has 0 amide bonds. The van der Waals surface area contributed by atoms with Gasteiger partial charge in [0.2, 0.25) is 0 Å². The molecule has 3 rings (SSSR count). The minimum Gasteiger partial charge on any atom is -0.497 e. The zero-order valence-corrected chi connectivity index (χ0v) is 15.0. The number of fused-ring (bicyclic) bond motifs is 3. The van der Waals surface area contributed by atoms with Crippen molar-refractivity contribution in [2.24, 2.45) is 0 Å². The number of rotatable bonds is 4. The number of benzene rings is 1. The lowest BCUT2D eigenvalue weighted by atomic mass is 9.67. The van der Waals surface area contributed by atoms with E-state index in [1.807, 2.05) is 37.2 Å². The summed E-state index contributed by atoms with van der Waals surface area (Å²) in [6, 6.07) is 5.68. The van der Waals surface area contributed by atoms with Crippen molar-refractivity contribution in [3.63, 3.8) is 0 Å². The molecule has 7 heteroatoms. The Labute approximate surface area is 144 Å². The molecule has 0 aromatic heterocycles. The van der Waals surface area contributed by atoms with E-state index in [4.69, 9.17) is 14.2 Å². The average Bonchev–Trinajstić information content (AvgIpc) is 2.83. The number of carbonyl (C=O) groups excluding carboxylic acids is 2. The van der Waals surface area contributed by atoms with Crippen LogP contribution in [-0.4, -0.2) is 57.0 Å². The van der Waals surface area contributed by atoms with Crippen LogP contribution in [0.25, 0.3) is 0 Å². The molecule has 1 heterocycles. The molecule has 0 spiro atoms. The van der Waals surface area contributed by atoms with Crippen LogP contribution in [0, 0.1) is 0 Å². The number of ether oxygens (including phenoxy) is 3. The highest BCUT2D eigenvalue weighted by molar-refractivity contribution is 8.02. The molecule has 2 atom stereocenters. The fourth-order valence-corrected chi connectivity index (χ4v) is 5.10. The Bertz CT molecular complexity index is 757. The van der Waals surface area contributed by atoms with E-state index in [1.165, 1.54) is 26.0 Å². The van der Waals surface area contributed by atoms with E-state index < -0.39 is 16.7 Å². The smallest absolute Gasteiger partial charge is 0.337 e. The number of hydrogen-bond donors (Lipinski definition) is 0. The van der Waals surface area contributed by atoms with Crippen LogP contribution in [0.5, 0.6) is 5.75 Å². The summed E-state index contributed by atoms with van der Waals surface area (Å²) in [6.07, 6.45) is 0. The van der Waals surface area contributed by atoms with E-state index >= 15 is 0 Å². The molecule has 6 nitrogen and oxygen atoms in total. The Hall–Kier alpha value is -2.15. The van der Waals surface area contributed by atoms with E-state index in [1.54, 1.807) is 7.11 Å². The largest absolute Gasteiger partial charge is 0.497 e. The van der Waals surface area contributed by atoms with Crippen molar-refractivity contribution in [3.8, 4) is 5.75 Å². The Morgan fingerprint density at radius 1 is 1.17 bits per heavy atom. The third-order valence-electron chi connectivity index (χ3n) is 4.47. The van der Waals surface area contributed by atoms with Gasteiger partial charge in [-0.05, 0) is 17.7 Å². The maximum absolute atomic E-state index is 12.7. The molecule has 1 aliphatic carbocycles. The average molecular weight is 349 g/mol. The summed E-state index contributed by atoms with van der Waals surface area (Å²) >= 11 is 1.33. The van der Waals surface area contributed by atoms with E-state index in [0.29, 0.717) is 11.3 Å². The van der Waals surface area contributed by atoms with Crippen molar-refractivity contribution in [2.45, 2.75) is 15.6 Å². The Kier molecular flexibility index (Phi) is 3.99. The van der Waals surface area contributed by atoms with Gasteiger partial charge >= 0.3 is 11.9 Å². The lowest BCUT2D eigenvalue weighted by Crippen LogP contribution is -2.55. The number of thioether (sulfide) groups is 1. The molecule has 0 radical (unpaired) electrons. The number of methoxy groups -OCH3 is 3. The standard InChI is InChI=1S/C17H19NO5S/c1-18(2)14-12-10-7-6-9(21-3)8-11(10)24-17(12,16(20)23-5)13(14)15(19)22-4/h6-8,12H,1-5H3. The molecule has 24 heavy (non-hydrogen) atoms. The topological polar surface area (TPSA) is 65.1 Å². The first-order valence-corrected chi connectivity index (χ1v) is 8.19. The third-order valence-corrected chi connectivity index (χ3v) is 5.97. The lowest BCUT2D eigenvalue weighted by molar-refractivity contribution is -0.147. The normalized spacial score (nSPS) is 23.8. The van der Waals surface area contributed by atoms with Gasteiger partial charge in [0.15, 0.2) is 4.75 Å². The summed E-state index contributed by atoms with van der Waals surface area (Å²) in [5, 5.41) is 0. The minimum absolute atomic E-state index is 0.250. The van der Waals surface area contributed by atoms with Crippen LogP contribution in [0.15, 0.2) is 34.4 Å². The van der Waals surface area contributed by atoms with Crippen LogP contribution in [0.3, 0.4) is 0 Å². The summed E-state index contributed by atoms with van der Waals surface area (Å²) in [4.78, 5) is 27.8.